The fourth-order valence-corrected chi connectivity index (χ4v) is 4.31. The topological polar surface area (TPSA) is 116 Å². The van der Waals surface area contributed by atoms with Crippen LogP contribution in [0.5, 0.6) is 0 Å². The lowest BCUT2D eigenvalue weighted by Crippen LogP contribution is -2.15. The Labute approximate surface area is 197 Å². The fourth-order valence-electron chi connectivity index (χ4n) is 3.59. The van der Waals surface area contributed by atoms with Crippen molar-refractivity contribution >= 4 is 38.8 Å². The Bertz CT molecular complexity index is 1520. The molecule has 0 radical (unpaired) electrons. The third-order valence-corrected chi connectivity index (χ3v) is 5.97. The van der Waals surface area contributed by atoms with Gasteiger partial charge >= 0.3 is 0 Å². The Morgan fingerprint density at radius 1 is 1.12 bits per heavy atom. The number of amides is 1. The Morgan fingerprint density at radius 2 is 1.94 bits per heavy atom. The van der Waals surface area contributed by atoms with E-state index in [4.69, 9.17) is 0 Å². The van der Waals surface area contributed by atoms with Gasteiger partial charge in [0.15, 0.2) is 5.82 Å². The van der Waals surface area contributed by atoms with Crippen molar-refractivity contribution in [2.24, 2.45) is 0 Å². The zero-order valence-corrected chi connectivity index (χ0v) is 18.8. The van der Waals surface area contributed by atoms with Crippen molar-refractivity contribution in [3.63, 3.8) is 0 Å². The van der Waals surface area contributed by atoms with Crippen molar-refractivity contribution in [3.05, 3.63) is 93.7 Å². The van der Waals surface area contributed by atoms with Crippen molar-refractivity contribution in [1.29, 1.82) is 0 Å². The number of pyridine rings is 1. The molecule has 0 spiro atoms. The lowest BCUT2D eigenvalue weighted by molar-refractivity contribution is -0.384. The Hall–Kier alpha value is -4.44. The molecule has 0 saturated carbocycles. The van der Waals surface area contributed by atoms with Gasteiger partial charge in [0, 0.05) is 29.1 Å². The maximum atomic E-state index is 12.7. The first-order chi connectivity index (χ1) is 16.5. The summed E-state index contributed by atoms with van der Waals surface area (Å²) in [6.45, 7) is 1.91. The minimum absolute atomic E-state index is 0.0333. The van der Waals surface area contributed by atoms with Crippen LogP contribution in [0.3, 0.4) is 0 Å². The number of rotatable bonds is 6. The molecule has 10 heteroatoms. The molecule has 168 valence electrons. The number of nitrogens with one attached hydrogen (secondary N) is 1. The predicted octanol–water partition coefficient (Wildman–Crippen LogP) is 4.94. The van der Waals surface area contributed by atoms with E-state index in [0.717, 1.165) is 27.2 Å². The summed E-state index contributed by atoms with van der Waals surface area (Å²) in [5, 5.41) is 18.3. The summed E-state index contributed by atoms with van der Waals surface area (Å²) in [6, 6.07) is 19.3. The van der Waals surface area contributed by atoms with Crippen molar-refractivity contribution in [2.75, 3.05) is 5.32 Å². The normalized spacial score (nSPS) is 11.0. The van der Waals surface area contributed by atoms with Crippen LogP contribution in [0, 0.1) is 17.0 Å². The summed E-state index contributed by atoms with van der Waals surface area (Å²) < 4.78 is 2.80. The smallest absolute Gasteiger partial charge is 0.269 e. The van der Waals surface area contributed by atoms with Gasteiger partial charge in [-0.05, 0) is 49.4 Å². The number of aryl methyl sites for hydroxylation is 1. The molecule has 0 saturated heterocycles. The number of hydrogen-bond donors (Lipinski definition) is 1. The van der Waals surface area contributed by atoms with Gasteiger partial charge in [0.25, 0.3) is 5.69 Å². The summed E-state index contributed by atoms with van der Waals surface area (Å²) in [6.07, 6.45) is 0.0333. The monoisotopic (exact) mass is 470 g/mol. The third-order valence-electron chi connectivity index (χ3n) is 5.18. The number of benzene rings is 2. The second-order valence-electron chi connectivity index (χ2n) is 7.63. The average Bonchev–Trinajstić information content (AvgIpc) is 3.46. The van der Waals surface area contributed by atoms with Crippen molar-refractivity contribution in [1.82, 2.24) is 19.7 Å². The molecule has 0 aliphatic rings. The number of carbonyl (C=O) groups is 1. The number of fused-ring (bicyclic) bond motifs is 1. The zero-order valence-electron chi connectivity index (χ0n) is 18.0. The molecule has 0 aliphatic carbocycles. The molecule has 3 heterocycles. The second-order valence-corrected chi connectivity index (χ2v) is 8.52. The zero-order chi connectivity index (χ0) is 23.7. The van der Waals surface area contributed by atoms with E-state index in [9.17, 15) is 14.9 Å². The second kappa shape index (κ2) is 8.83. The molecule has 0 bridgehead atoms. The number of aromatic nitrogens is 4. The SMILES string of the molecule is Cc1cccc(-n2nc(CC(=O)Nc3ccc([N+](=O)[O-])cc3)cc2-c2ccc3ncsc3c2)n1. The first kappa shape index (κ1) is 21.4. The predicted molar refractivity (Wildman–Crippen MR) is 130 cm³/mol. The number of nitro benzene ring substituents is 1. The molecule has 34 heavy (non-hydrogen) atoms. The van der Waals surface area contributed by atoms with E-state index in [-0.39, 0.29) is 18.0 Å². The molecule has 3 aromatic heterocycles. The quantitative estimate of drug-likeness (QED) is 0.277. The number of anilines is 1. The molecule has 9 nitrogen and oxygen atoms in total. The van der Waals surface area contributed by atoms with Gasteiger partial charge in [0.2, 0.25) is 5.91 Å². The molecule has 5 aromatic rings. The molecular weight excluding hydrogens is 452 g/mol. The highest BCUT2D eigenvalue weighted by Gasteiger charge is 2.16. The van der Waals surface area contributed by atoms with E-state index >= 15 is 0 Å². The molecule has 1 amide bonds. The first-order valence-corrected chi connectivity index (χ1v) is 11.3. The minimum Gasteiger partial charge on any atom is -0.326 e. The van der Waals surface area contributed by atoms with Crippen LogP contribution in [-0.4, -0.2) is 30.6 Å². The molecule has 1 N–H and O–H groups in total. The summed E-state index contributed by atoms with van der Waals surface area (Å²) in [5.74, 6) is 0.376. The molecule has 0 aliphatic heterocycles. The molecule has 0 fully saturated rings. The van der Waals surface area contributed by atoms with Gasteiger partial charge in [-0.25, -0.2) is 14.6 Å². The number of non-ortho nitro benzene ring substituents is 1. The van der Waals surface area contributed by atoms with Gasteiger partial charge in [-0.1, -0.05) is 12.1 Å². The van der Waals surface area contributed by atoms with Gasteiger partial charge in [-0.3, -0.25) is 14.9 Å². The van der Waals surface area contributed by atoms with E-state index in [2.05, 4.69) is 26.4 Å². The summed E-state index contributed by atoms with van der Waals surface area (Å²) >= 11 is 1.56. The van der Waals surface area contributed by atoms with Crippen LogP contribution in [0.25, 0.3) is 27.3 Å². The first-order valence-electron chi connectivity index (χ1n) is 10.4. The Kier molecular flexibility index (Phi) is 5.56. The van der Waals surface area contributed by atoms with Gasteiger partial charge in [-0.2, -0.15) is 5.10 Å². The number of hydrogen-bond acceptors (Lipinski definition) is 7. The number of nitro groups is 1. The Morgan fingerprint density at radius 3 is 2.71 bits per heavy atom. The highest BCUT2D eigenvalue weighted by atomic mass is 32.1. The van der Waals surface area contributed by atoms with E-state index in [1.165, 1.54) is 24.3 Å². The molecule has 0 atom stereocenters. The lowest BCUT2D eigenvalue weighted by Gasteiger charge is -2.07. The van der Waals surface area contributed by atoms with Gasteiger partial charge in [0.1, 0.15) is 0 Å². The highest BCUT2D eigenvalue weighted by Crippen LogP contribution is 2.28. The maximum absolute atomic E-state index is 12.7. The molecular formula is C24H18N6O3S. The van der Waals surface area contributed by atoms with Gasteiger partial charge in [-0.15, -0.1) is 11.3 Å². The van der Waals surface area contributed by atoms with Crippen molar-refractivity contribution in [3.8, 4) is 17.1 Å². The summed E-state index contributed by atoms with van der Waals surface area (Å²) in [7, 11) is 0. The third kappa shape index (κ3) is 4.39. The van der Waals surface area contributed by atoms with E-state index in [1.54, 1.807) is 16.0 Å². The number of thiazole rings is 1. The average molecular weight is 471 g/mol. The molecule has 5 rings (SSSR count). The van der Waals surface area contributed by atoms with Crippen molar-refractivity contribution < 1.29 is 9.72 Å². The Balaban J connectivity index is 1.46. The number of nitrogens with zero attached hydrogens (tertiary/aromatic N) is 5. The van der Waals surface area contributed by atoms with Gasteiger partial charge < -0.3 is 5.32 Å². The highest BCUT2D eigenvalue weighted by molar-refractivity contribution is 7.16. The maximum Gasteiger partial charge on any atom is 0.269 e. The van der Waals surface area contributed by atoms with Crippen molar-refractivity contribution in [2.45, 2.75) is 13.3 Å². The van der Waals surface area contributed by atoms with Crippen LogP contribution in [0.4, 0.5) is 11.4 Å². The lowest BCUT2D eigenvalue weighted by atomic mass is 10.1. The largest absolute Gasteiger partial charge is 0.326 e. The van der Waals surface area contributed by atoms with Gasteiger partial charge in [0.05, 0.1) is 38.5 Å². The van der Waals surface area contributed by atoms with Crippen LogP contribution >= 0.6 is 11.3 Å². The minimum atomic E-state index is -0.483. The summed E-state index contributed by atoms with van der Waals surface area (Å²) in [4.78, 5) is 31.9. The van der Waals surface area contributed by atoms with E-state index < -0.39 is 4.92 Å². The molecule has 0 unspecified atom stereocenters. The van der Waals surface area contributed by atoms with Crippen LogP contribution in [0.1, 0.15) is 11.4 Å². The number of carbonyl (C=O) groups excluding carboxylic acids is 1. The van der Waals surface area contributed by atoms with Crippen LogP contribution in [-0.2, 0) is 11.2 Å². The van der Waals surface area contributed by atoms with Crippen LogP contribution < -0.4 is 5.32 Å². The molecule has 2 aromatic carbocycles. The standard InChI is InChI=1S/C24H18N6O3S/c1-15-3-2-4-23(26-15)29-21(16-5-10-20-22(11-16)34-14-25-20)12-18(28-29)13-24(31)27-17-6-8-19(9-7-17)30(32)33/h2-12,14H,13H2,1H3,(H,27,31). The van der Waals surface area contributed by atoms with Crippen LogP contribution in [0.2, 0.25) is 0 Å². The summed E-state index contributed by atoms with van der Waals surface area (Å²) in [5.41, 5.74) is 6.35. The van der Waals surface area contributed by atoms with Crippen LogP contribution in [0.15, 0.2) is 72.2 Å². The van der Waals surface area contributed by atoms with E-state index in [0.29, 0.717) is 17.2 Å². The fraction of sp³-hybridized carbons (Fsp3) is 0.0833. The van der Waals surface area contributed by atoms with E-state index in [1.807, 2.05) is 48.8 Å².